The first kappa shape index (κ1) is 13.8. The van der Waals surface area contributed by atoms with Crippen molar-refractivity contribution in [1.82, 2.24) is 9.80 Å². The maximum absolute atomic E-state index is 6.10. The van der Waals surface area contributed by atoms with Crippen LogP contribution in [0.2, 0.25) is 0 Å². The SMILES string of the molecule is NCC1(CCN2CCN(C3CC3)CC2)CCCCC1. The molecule has 1 aliphatic heterocycles. The molecule has 0 aromatic carbocycles. The molecule has 19 heavy (non-hydrogen) atoms. The van der Waals surface area contributed by atoms with Gasteiger partial charge >= 0.3 is 0 Å². The highest BCUT2D eigenvalue weighted by Gasteiger charge is 2.33. The van der Waals surface area contributed by atoms with Crippen molar-refractivity contribution in [2.24, 2.45) is 11.1 Å². The van der Waals surface area contributed by atoms with Crippen LogP contribution in [0.15, 0.2) is 0 Å². The Morgan fingerprint density at radius 1 is 0.947 bits per heavy atom. The standard InChI is InChI=1S/C16H31N3/c17-14-16(6-2-1-3-7-16)8-9-18-10-12-19(13-11-18)15-4-5-15/h15H,1-14,17H2. The van der Waals surface area contributed by atoms with Crippen LogP contribution in [0.1, 0.15) is 51.4 Å². The van der Waals surface area contributed by atoms with E-state index in [4.69, 9.17) is 5.73 Å². The van der Waals surface area contributed by atoms with Gasteiger partial charge in [0, 0.05) is 32.2 Å². The van der Waals surface area contributed by atoms with Gasteiger partial charge < -0.3 is 10.6 Å². The van der Waals surface area contributed by atoms with E-state index in [0.717, 1.165) is 12.6 Å². The van der Waals surface area contributed by atoms with Crippen molar-refractivity contribution in [2.75, 3.05) is 39.3 Å². The van der Waals surface area contributed by atoms with Gasteiger partial charge in [0.05, 0.1) is 0 Å². The van der Waals surface area contributed by atoms with Gasteiger partial charge in [-0.05, 0) is 50.6 Å². The Morgan fingerprint density at radius 2 is 1.63 bits per heavy atom. The third-order valence-electron chi connectivity index (χ3n) is 5.78. The fourth-order valence-corrected chi connectivity index (χ4v) is 4.05. The van der Waals surface area contributed by atoms with E-state index in [1.807, 2.05) is 0 Å². The summed E-state index contributed by atoms with van der Waals surface area (Å²) in [6.07, 6.45) is 11.3. The number of hydrogen-bond donors (Lipinski definition) is 1. The monoisotopic (exact) mass is 265 g/mol. The third kappa shape index (κ3) is 3.50. The van der Waals surface area contributed by atoms with Crippen molar-refractivity contribution in [1.29, 1.82) is 0 Å². The molecule has 0 aromatic rings. The average Bonchev–Trinajstić information content (AvgIpc) is 3.31. The molecule has 3 aliphatic rings. The summed E-state index contributed by atoms with van der Waals surface area (Å²) in [5, 5.41) is 0. The molecule has 0 spiro atoms. The summed E-state index contributed by atoms with van der Waals surface area (Å²) in [7, 11) is 0. The van der Waals surface area contributed by atoms with E-state index in [2.05, 4.69) is 9.80 Å². The number of hydrogen-bond acceptors (Lipinski definition) is 3. The molecular formula is C16H31N3. The van der Waals surface area contributed by atoms with E-state index >= 15 is 0 Å². The number of nitrogens with two attached hydrogens (primary N) is 1. The molecule has 2 N–H and O–H groups in total. The van der Waals surface area contributed by atoms with Crippen molar-refractivity contribution in [2.45, 2.75) is 57.4 Å². The molecule has 1 saturated heterocycles. The maximum Gasteiger partial charge on any atom is 0.0113 e. The first-order valence-corrected chi connectivity index (χ1v) is 8.48. The summed E-state index contributed by atoms with van der Waals surface area (Å²) in [5.74, 6) is 0. The Morgan fingerprint density at radius 3 is 2.21 bits per heavy atom. The lowest BCUT2D eigenvalue weighted by molar-refractivity contribution is 0.0972. The molecule has 0 amide bonds. The van der Waals surface area contributed by atoms with Crippen molar-refractivity contribution in [3.05, 3.63) is 0 Å². The van der Waals surface area contributed by atoms with Crippen LogP contribution in [-0.4, -0.2) is 55.1 Å². The average molecular weight is 265 g/mol. The number of piperazine rings is 1. The van der Waals surface area contributed by atoms with Crippen LogP contribution in [0.4, 0.5) is 0 Å². The summed E-state index contributed by atoms with van der Waals surface area (Å²) in [6, 6.07) is 0.955. The highest BCUT2D eigenvalue weighted by molar-refractivity contribution is 4.89. The van der Waals surface area contributed by atoms with Crippen LogP contribution in [0.5, 0.6) is 0 Å². The predicted octanol–water partition coefficient (Wildman–Crippen LogP) is 2.07. The van der Waals surface area contributed by atoms with E-state index in [0.29, 0.717) is 5.41 Å². The van der Waals surface area contributed by atoms with Gasteiger partial charge in [-0.1, -0.05) is 19.3 Å². The Kier molecular flexibility index (Phi) is 4.45. The topological polar surface area (TPSA) is 32.5 Å². The van der Waals surface area contributed by atoms with Crippen LogP contribution >= 0.6 is 0 Å². The second-order valence-electron chi connectivity index (χ2n) is 7.12. The maximum atomic E-state index is 6.10. The van der Waals surface area contributed by atoms with E-state index in [9.17, 15) is 0 Å². The Bertz CT molecular complexity index is 274. The first-order chi connectivity index (χ1) is 9.31. The molecule has 2 saturated carbocycles. The van der Waals surface area contributed by atoms with E-state index in [1.165, 1.54) is 84.1 Å². The highest BCUT2D eigenvalue weighted by Crippen LogP contribution is 2.38. The van der Waals surface area contributed by atoms with Gasteiger partial charge in [-0.2, -0.15) is 0 Å². The molecule has 0 aromatic heterocycles. The Labute approximate surface area is 118 Å². The zero-order chi connectivity index (χ0) is 13.1. The lowest BCUT2D eigenvalue weighted by Crippen LogP contribution is -2.48. The van der Waals surface area contributed by atoms with Crippen LogP contribution in [0.25, 0.3) is 0 Å². The van der Waals surface area contributed by atoms with Gasteiger partial charge in [0.1, 0.15) is 0 Å². The van der Waals surface area contributed by atoms with Gasteiger partial charge in [-0.15, -0.1) is 0 Å². The molecule has 0 atom stereocenters. The number of rotatable bonds is 5. The molecule has 110 valence electrons. The molecule has 0 unspecified atom stereocenters. The van der Waals surface area contributed by atoms with Crippen molar-refractivity contribution in [3.63, 3.8) is 0 Å². The molecule has 2 aliphatic carbocycles. The largest absolute Gasteiger partial charge is 0.330 e. The van der Waals surface area contributed by atoms with Crippen molar-refractivity contribution >= 4 is 0 Å². The Balaban J connectivity index is 1.41. The minimum absolute atomic E-state index is 0.492. The van der Waals surface area contributed by atoms with Crippen molar-refractivity contribution in [3.8, 4) is 0 Å². The highest BCUT2D eigenvalue weighted by atomic mass is 15.3. The zero-order valence-corrected chi connectivity index (χ0v) is 12.4. The van der Waals surface area contributed by atoms with E-state index in [1.54, 1.807) is 0 Å². The summed E-state index contributed by atoms with van der Waals surface area (Å²) in [6.45, 7) is 7.39. The fourth-order valence-electron chi connectivity index (χ4n) is 4.05. The molecule has 0 radical (unpaired) electrons. The molecule has 3 fully saturated rings. The van der Waals surface area contributed by atoms with Crippen LogP contribution in [-0.2, 0) is 0 Å². The minimum atomic E-state index is 0.492. The van der Waals surface area contributed by atoms with Crippen LogP contribution in [0, 0.1) is 5.41 Å². The van der Waals surface area contributed by atoms with E-state index in [-0.39, 0.29) is 0 Å². The minimum Gasteiger partial charge on any atom is -0.330 e. The summed E-state index contributed by atoms with van der Waals surface area (Å²) < 4.78 is 0. The molecular weight excluding hydrogens is 234 g/mol. The zero-order valence-electron chi connectivity index (χ0n) is 12.4. The summed E-state index contributed by atoms with van der Waals surface area (Å²) in [5.41, 5.74) is 6.59. The van der Waals surface area contributed by atoms with Gasteiger partial charge in [0.15, 0.2) is 0 Å². The van der Waals surface area contributed by atoms with Crippen molar-refractivity contribution < 1.29 is 0 Å². The van der Waals surface area contributed by atoms with Gasteiger partial charge in [0.25, 0.3) is 0 Å². The smallest absolute Gasteiger partial charge is 0.0113 e. The lowest BCUT2D eigenvalue weighted by atomic mass is 9.72. The molecule has 3 rings (SSSR count). The van der Waals surface area contributed by atoms with E-state index < -0.39 is 0 Å². The lowest BCUT2D eigenvalue weighted by Gasteiger charge is -2.40. The molecule has 3 heteroatoms. The molecule has 0 bridgehead atoms. The summed E-state index contributed by atoms with van der Waals surface area (Å²) in [4.78, 5) is 5.39. The quantitative estimate of drug-likeness (QED) is 0.826. The summed E-state index contributed by atoms with van der Waals surface area (Å²) >= 11 is 0. The second-order valence-corrected chi connectivity index (χ2v) is 7.12. The van der Waals surface area contributed by atoms with Gasteiger partial charge in [-0.3, -0.25) is 4.90 Å². The molecule has 1 heterocycles. The fraction of sp³-hybridized carbons (Fsp3) is 1.00. The molecule has 3 nitrogen and oxygen atoms in total. The number of nitrogens with zero attached hydrogens (tertiary/aromatic N) is 2. The van der Waals surface area contributed by atoms with Gasteiger partial charge in [0.2, 0.25) is 0 Å². The first-order valence-electron chi connectivity index (χ1n) is 8.48. The predicted molar refractivity (Wildman–Crippen MR) is 80.2 cm³/mol. The third-order valence-corrected chi connectivity index (χ3v) is 5.78. The van der Waals surface area contributed by atoms with Crippen LogP contribution < -0.4 is 5.73 Å². The normalized spacial score (nSPS) is 29.5. The Hall–Kier alpha value is -0.120. The van der Waals surface area contributed by atoms with Crippen LogP contribution in [0.3, 0.4) is 0 Å². The second kappa shape index (κ2) is 6.11. The van der Waals surface area contributed by atoms with Gasteiger partial charge in [-0.25, -0.2) is 0 Å².